The van der Waals surface area contributed by atoms with Gasteiger partial charge >= 0.3 is 0 Å². The van der Waals surface area contributed by atoms with E-state index in [0.29, 0.717) is 12.3 Å². The van der Waals surface area contributed by atoms with Gasteiger partial charge in [0.2, 0.25) is 0 Å². The molecule has 0 aliphatic rings. The molecule has 20 heavy (non-hydrogen) atoms. The van der Waals surface area contributed by atoms with Crippen molar-refractivity contribution in [3.05, 3.63) is 41.0 Å². The molecule has 0 unspecified atom stereocenters. The van der Waals surface area contributed by atoms with Gasteiger partial charge in [-0.05, 0) is 38.0 Å². The van der Waals surface area contributed by atoms with Crippen LogP contribution in [0.4, 0.5) is 10.1 Å². The number of benzene rings is 1. The minimum atomic E-state index is -0.439. The minimum Gasteiger partial charge on any atom is -0.484 e. The van der Waals surface area contributed by atoms with Gasteiger partial charge in [-0.1, -0.05) is 6.92 Å². The summed E-state index contributed by atoms with van der Waals surface area (Å²) in [6, 6.07) is 4.91. The average Bonchev–Trinajstić information content (AvgIpc) is 2.84. The van der Waals surface area contributed by atoms with Gasteiger partial charge < -0.3 is 10.5 Å². The van der Waals surface area contributed by atoms with Gasteiger partial charge in [0.1, 0.15) is 6.61 Å². The van der Waals surface area contributed by atoms with Crippen LogP contribution in [0.15, 0.2) is 18.2 Å². The highest BCUT2D eigenvalue weighted by atomic mass is 19.1. The first-order valence-electron chi connectivity index (χ1n) is 6.79. The van der Waals surface area contributed by atoms with Crippen LogP contribution in [-0.2, 0) is 19.6 Å². The van der Waals surface area contributed by atoms with Gasteiger partial charge in [-0.25, -0.2) is 4.39 Å². The van der Waals surface area contributed by atoms with Gasteiger partial charge in [-0.2, -0.15) is 5.10 Å². The van der Waals surface area contributed by atoms with Gasteiger partial charge in [0.15, 0.2) is 11.6 Å². The zero-order valence-electron chi connectivity index (χ0n) is 12.1. The quantitative estimate of drug-likeness (QED) is 0.854. The normalized spacial score (nSPS) is 10.8. The Morgan fingerprint density at radius 3 is 2.70 bits per heavy atom. The maximum Gasteiger partial charge on any atom is 0.167 e. The number of ether oxygens (including phenoxy) is 1. The zero-order chi connectivity index (χ0) is 14.7. The molecule has 0 bridgehead atoms. The molecule has 0 aliphatic heterocycles. The van der Waals surface area contributed by atoms with E-state index in [2.05, 4.69) is 12.0 Å². The van der Waals surface area contributed by atoms with Crippen LogP contribution in [0, 0.1) is 12.7 Å². The largest absolute Gasteiger partial charge is 0.484 e. The lowest BCUT2D eigenvalue weighted by Crippen LogP contribution is -2.07. The maximum absolute atomic E-state index is 13.8. The summed E-state index contributed by atoms with van der Waals surface area (Å²) >= 11 is 0. The van der Waals surface area contributed by atoms with E-state index in [9.17, 15) is 4.39 Å². The number of aryl methyl sites for hydroxylation is 3. The standard InChI is InChI=1S/C15H20FN3O/c1-4-11-7-12(19(5-2)18-11)9-20-15-6-10(3)14(17)8-13(15)16/h6-8H,4-5,9,17H2,1-3H3. The predicted molar refractivity (Wildman–Crippen MR) is 77.2 cm³/mol. The van der Waals surface area contributed by atoms with Crippen LogP contribution in [0.25, 0.3) is 0 Å². The Morgan fingerprint density at radius 1 is 1.30 bits per heavy atom. The van der Waals surface area contributed by atoms with Crippen molar-refractivity contribution in [1.82, 2.24) is 9.78 Å². The SMILES string of the molecule is CCc1cc(COc2cc(C)c(N)cc2F)n(CC)n1. The molecule has 0 atom stereocenters. The van der Waals surface area contributed by atoms with Crippen LogP contribution in [0.5, 0.6) is 5.75 Å². The molecule has 0 saturated heterocycles. The number of rotatable bonds is 5. The lowest BCUT2D eigenvalue weighted by atomic mass is 10.2. The molecule has 108 valence electrons. The summed E-state index contributed by atoms with van der Waals surface area (Å²) in [5.41, 5.74) is 8.85. The number of anilines is 1. The van der Waals surface area contributed by atoms with E-state index in [0.717, 1.165) is 29.9 Å². The fourth-order valence-electron chi connectivity index (χ4n) is 2.01. The van der Waals surface area contributed by atoms with Crippen LogP contribution < -0.4 is 10.5 Å². The molecule has 5 heteroatoms. The number of hydrogen-bond donors (Lipinski definition) is 1. The molecule has 0 saturated carbocycles. The van der Waals surface area contributed by atoms with Crippen molar-refractivity contribution in [3.8, 4) is 5.75 Å². The van der Waals surface area contributed by atoms with Crippen molar-refractivity contribution in [1.29, 1.82) is 0 Å². The molecule has 0 spiro atoms. The second-order valence-corrected chi connectivity index (χ2v) is 4.72. The lowest BCUT2D eigenvalue weighted by Gasteiger charge is -2.10. The third-order valence-corrected chi connectivity index (χ3v) is 3.27. The molecule has 0 amide bonds. The second-order valence-electron chi connectivity index (χ2n) is 4.72. The first-order chi connectivity index (χ1) is 9.55. The molecular weight excluding hydrogens is 257 g/mol. The third kappa shape index (κ3) is 2.92. The van der Waals surface area contributed by atoms with Crippen molar-refractivity contribution in [2.45, 2.75) is 40.3 Å². The maximum atomic E-state index is 13.8. The van der Waals surface area contributed by atoms with Crippen molar-refractivity contribution in [2.75, 3.05) is 5.73 Å². The fraction of sp³-hybridized carbons (Fsp3) is 0.400. The average molecular weight is 277 g/mol. The second kappa shape index (κ2) is 5.94. The number of hydrogen-bond acceptors (Lipinski definition) is 3. The summed E-state index contributed by atoms with van der Waals surface area (Å²) in [6.07, 6.45) is 0.870. The Kier molecular flexibility index (Phi) is 4.27. The Hall–Kier alpha value is -2.04. The van der Waals surface area contributed by atoms with Crippen molar-refractivity contribution in [3.63, 3.8) is 0 Å². The van der Waals surface area contributed by atoms with Crippen molar-refractivity contribution >= 4 is 5.69 Å². The predicted octanol–water partition coefficient (Wildman–Crippen LogP) is 3.07. The van der Waals surface area contributed by atoms with E-state index >= 15 is 0 Å². The van der Waals surface area contributed by atoms with Crippen LogP contribution >= 0.6 is 0 Å². The Balaban J connectivity index is 2.16. The molecule has 1 heterocycles. The summed E-state index contributed by atoms with van der Waals surface area (Å²) in [7, 11) is 0. The van der Waals surface area contributed by atoms with Crippen LogP contribution in [0.1, 0.15) is 30.8 Å². The highest BCUT2D eigenvalue weighted by Crippen LogP contribution is 2.24. The first kappa shape index (κ1) is 14.4. The van der Waals surface area contributed by atoms with Gasteiger partial charge in [-0.3, -0.25) is 4.68 Å². The molecule has 2 rings (SSSR count). The smallest absolute Gasteiger partial charge is 0.167 e. The molecular formula is C15H20FN3O. The molecule has 2 aromatic rings. The number of nitrogens with two attached hydrogens (primary N) is 1. The third-order valence-electron chi connectivity index (χ3n) is 3.27. The Bertz CT molecular complexity index is 607. The molecule has 0 fully saturated rings. The molecule has 1 aromatic carbocycles. The molecule has 0 aliphatic carbocycles. The van der Waals surface area contributed by atoms with Gasteiger partial charge in [0.25, 0.3) is 0 Å². The highest BCUT2D eigenvalue weighted by Gasteiger charge is 2.10. The molecule has 2 N–H and O–H groups in total. The van der Waals surface area contributed by atoms with E-state index in [1.165, 1.54) is 6.07 Å². The van der Waals surface area contributed by atoms with Crippen molar-refractivity contribution < 1.29 is 9.13 Å². The zero-order valence-corrected chi connectivity index (χ0v) is 12.1. The fourth-order valence-corrected chi connectivity index (χ4v) is 2.01. The Morgan fingerprint density at radius 2 is 2.05 bits per heavy atom. The molecule has 4 nitrogen and oxygen atoms in total. The van der Waals surface area contributed by atoms with Crippen LogP contribution in [-0.4, -0.2) is 9.78 Å². The van der Waals surface area contributed by atoms with Gasteiger partial charge in [-0.15, -0.1) is 0 Å². The summed E-state index contributed by atoms with van der Waals surface area (Å²) in [5, 5.41) is 4.44. The number of nitrogens with zero attached hydrogens (tertiary/aromatic N) is 2. The summed E-state index contributed by atoms with van der Waals surface area (Å²) in [5.74, 6) is -0.218. The van der Waals surface area contributed by atoms with Crippen LogP contribution in [0.3, 0.4) is 0 Å². The minimum absolute atomic E-state index is 0.221. The Labute approximate surface area is 118 Å². The highest BCUT2D eigenvalue weighted by molar-refractivity contribution is 5.50. The number of nitrogen functional groups attached to an aromatic ring is 1. The van der Waals surface area contributed by atoms with E-state index in [4.69, 9.17) is 10.5 Å². The van der Waals surface area contributed by atoms with E-state index in [-0.39, 0.29) is 5.75 Å². The lowest BCUT2D eigenvalue weighted by molar-refractivity contribution is 0.278. The van der Waals surface area contributed by atoms with E-state index in [1.807, 2.05) is 24.6 Å². The van der Waals surface area contributed by atoms with Gasteiger partial charge in [0, 0.05) is 18.3 Å². The van der Waals surface area contributed by atoms with Crippen molar-refractivity contribution in [2.24, 2.45) is 0 Å². The number of aromatic nitrogens is 2. The van der Waals surface area contributed by atoms with E-state index in [1.54, 1.807) is 6.07 Å². The molecule has 1 aromatic heterocycles. The monoisotopic (exact) mass is 277 g/mol. The molecule has 0 radical (unpaired) electrons. The first-order valence-corrected chi connectivity index (χ1v) is 6.79. The summed E-state index contributed by atoms with van der Waals surface area (Å²) < 4.78 is 21.2. The van der Waals surface area contributed by atoms with Crippen LogP contribution in [0.2, 0.25) is 0 Å². The summed E-state index contributed by atoms with van der Waals surface area (Å²) in [6.45, 7) is 6.95. The number of halogens is 1. The van der Waals surface area contributed by atoms with E-state index < -0.39 is 5.82 Å². The van der Waals surface area contributed by atoms with Gasteiger partial charge in [0.05, 0.1) is 11.4 Å². The topological polar surface area (TPSA) is 53.1 Å². The summed E-state index contributed by atoms with van der Waals surface area (Å²) in [4.78, 5) is 0.